The van der Waals surface area contributed by atoms with Gasteiger partial charge in [-0.1, -0.05) is 27.5 Å². The lowest BCUT2D eigenvalue weighted by molar-refractivity contribution is 0.196. The van der Waals surface area contributed by atoms with Gasteiger partial charge in [-0.2, -0.15) is 5.10 Å². The number of halogens is 2. The van der Waals surface area contributed by atoms with Gasteiger partial charge in [-0.05, 0) is 18.2 Å². The summed E-state index contributed by atoms with van der Waals surface area (Å²) in [7, 11) is 1.80. The molecule has 0 N–H and O–H groups in total. The highest BCUT2D eigenvalue weighted by Crippen LogP contribution is 2.34. The lowest BCUT2D eigenvalue weighted by Gasteiger charge is -2.13. The van der Waals surface area contributed by atoms with Crippen LogP contribution in [-0.4, -0.2) is 60.3 Å². The second kappa shape index (κ2) is 6.07. The van der Waals surface area contributed by atoms with Crippen LogP contribution in [0.1, 0.15) is 11.5 Å². The molecule has 2 aliphatic heterocycles. The van der Waals surface area contributed by atoms with E-state index >= 15 is 0 Å². The van der Waals surface area contributed by atoms with Crippen LogP contribution < -0.4 is 0 Å². The van der Waals surface area contributed by atoms with Crippen molar-refractivity contribution >= 4 is 33.6 Å². The number of nitrogens with zero attached hydrogens (tertiary/aromatic N) is 7. The van der Waals surface area contributed by atoms with Crippen molar-refractivity contribution in [2.24, 2.45) is 0 Å². The van der Waals surface area contributed by atoms with Crippen LogP contribution in [0.3, 0.4) is 0 Å². The summed E-state index contributed by atoms with van der Waals surface area (Å²) in [4.78, 5) is 24.6. The molecule has 10 heteroatoms. The van der Waals surface area contributed by atoms with Crippen LogP contribution in [0.2, 0.25) is 5.15 Å². The Balaban J connectivity index is 1.61. The Morgan fingerprint density at radius 1 is 1.30 bits per heavy atom. The average Bonchev–Trinajstić information content (AvgIpc) is 3.28. The number of carbonyl (C=O) groups is 1. The summed E-state index contributed by atoms with van der Waals surface area (Å²) < 4.78 is 4.75. The van der Waals surface area contributed by atoms with E-state index < -0.39 is 0 Å². The number of likely N-dealkylation sites (N-methyl/N-ethyl adjacent to an activating group) is 1. The van der Waals surface area contributed by atoms with E-state index in [9.17, 15) is 4.79 Å². The molecule has 5 rings (SSSR count). The second-order valence-electron chi connectivity index (χ2n) is 6.65. The van der Waals surface area contributed by atoms with Crippen molar-refractivity contribution < 1.29 is 4.79 Å². The second-order valence-corrected chi connectivity index (χ2v) is 7.92. The van der Waals surface area contributed by atoms with Crippen LogP contribution in [0, 0.1) is 0 Å². The summed E-state index contributed by atoms with van der Waals surface area (Å²) in [5.41, 5.74) is 2.73. The van der Waals surface area contributed by atoms with Gasteiger partial charge in [-0.3, -0.25) is 4.57 Å². The molecule has 4 heterocycles. The largest absolute Gasteiger partial charge is 0.326 e. The van der Waals surface area contributed by atoms with Crippen LogP contribution in [-0.2, 0) is 13.1 Å². The van der Waals surface area contributed by atoms with E-state index in [0.29, 0.717) is 30.6 Å². The highest BCUT2D eigenvalue weighted by Gasteiger charge is 2.29. The fraction of sp³-hybridized carbons (Fsp3) is 0.294. The first-order valence-electron chi connectivity index (χ1n) is 8.47. The molecule has 138 valence electrons. The zero-order valence-corrected chi connectivity index (χ0v) is 16.8. The van der Waals surface area contributed by atoms with Crippen molar-refractivity contribution in [2.75, 3.05) is 20.1 Å². The van der Waals surface area contributed by atoms with Crippen LogP contribution in [0.25, 0.3) is 17.1 Å². The lowest BCUT2D eigenvalue weighted by Crippen LogP contribution is -2.29. The number of benzene rings is 1. The third-order valence-electron chi connectivity index (χ3n) is 4.92. The van der Waals surface area contributed by atoms with E-state index in [1.165, 1.54) is 0 Å². The molecule has 8 nitrogen and oxygen atoms in total. The van der Waals surface area contributed by atoms with Crippen LogP contribution in [0.5, 0.6) is 0 Å². The van der Waals surface area contributed by atoms with Crippen LogP contribution in [0.15, 0.2) is 29.0 Å². The summed E-state index contributed by atoms with van der Waals surface area (Å²) >= 11 is 9.85. The maximum atomic E-state index is 12.2. The van der Waals surface area contributed by atoms with Gasteiger partial charge in [0.15, 0.2) is 16.8 Å². The monoisotopic (exact) mass is 447 g/mol. The summed E-state index contributed by atoms with van der Waals surface area (Å²) in [6, 6.07) is 5.99. The predicted molar refractivity (Wildman–Crippen MR) is 103 cm³/mol. The molecule has 2 amide bonds. The summed E-state index contributed by atoms with van der Waals surface area (Å²) in [5.74, 6) is 1.37. The Morgan fingerprint density at radius 3 is 2.93 bits per heavy atom. The van der Waals surface area contributed by atoms with Gasteiger partial charge in [-0.25, -0.2) is 19.4 Å². The molecule has 27 heavy (non-hydrogen) atoms. The van der Waals surface area contributed by atoms with Crippen molar-refractivity contribution in [3.8, 4) is 17.1 Å². The van der Waals surface area contributed by atoms with Gasteiger partial charge in [0.2, 0.25) is 0 Å². The molecule has 1 fully saturated rings. The molecule has 3 aromatic rings. The number of imidazole rings is 1. The number of hydrogen-bond donors (Lipinski definition) is 0. The maximum Gasteiger partial charge on any atom is 0.320 e. The van der Waals surface area contributed by atoms with Gasteiger partial charge in [0.05, 0.1) is 24.5 Å². The number of fused-ring (bicyclic) bond motifs is 5. The zero-order chi connectivity index (χ0) is 18.7. The Bertz CT molecular complexity index is 1080. The average molecular weight is 449 g/mol. The van der Waals surface area contributed by atoms with Gasteiger partial charge in [0.1, 0.15) is 6.33 Å². The number of aromatic nitrogens is 5. The standard InChI is InChI=1S/C17H15BrClN7O/c1-23-4-5-24(17(23)27)8-14-21-16-11-6-10(18)2-3-12(11)25-9-20-15(19)13(25)7-26(16)22-14/h2-3,6,9H,4-5,7-8H2,1H3. The topological polar surface area (TPSA) is 72.1 Å². The minimum Gasteiger partial charge on any atom is -0.326 e. The van der Waals surface area contributed by atoms with E-state index in [4.69, 9.17) is 16.6 Å². The minimum absolute atomic E-state index is 0.00394. The number of urea groups is 1. The molecule has 1 aromatic carbocycles. The number of hydrogen-bond acceptors (Lipinski definition) is 4. The van der Waals surface area contributed by atoms with Gasteiger partial charge >= 0.3 is 6.03 Å². The zero-order valence-electron chi connectivity index (χ0n) is 14.4. The lowest BCUT2D eigenvalue weighted by atomic mass is 10.1. The highest BCUT2D eigenvalue weighted by atomic mass is 79.9. The molecule has 0 bridgehead atoms. The third-order valence-corrected chi connectivity index (χ3v) is 5.73. The van der Waals surface area contributed by atoms with Crippen molar-refractivity contribution in [3.63, 3.8) is 0 Å². The molecular formula is C17H15BrClN7O. The van der Waals surface area contributed by atoms with Crippen molar-refractivity contribution in [2.45, 2.75) is 13.1 Å². The molecule has 0 radical (unpaired) electrons. The Labute approximate surface area is 168 Å². The molecule has 0 aliphatic carbocycles. The quantitative estimate of drug-likeness (QED) is 0.473. The van der Waals surface area contributed by atoms with Crippen molar-refractivity contribution in [3.05, 3.63) is 45.7 Å². The van der Waals surface area contributed by atoms with E-state index in [2.05, 4.69) is 26.0 Å². The third kappa shape index (κ3) is 2.64. The Hall–Kier alpha value is -2.39. The maximum absolute atomic E-state index is 12.2. The van der Waals surface area contributed by atoms with Gasteiger partial charge in [0, 0.05) is 30.2 Å². The molecule has 0 spiro atoms. The minimum atomic E-state index is 0.00394. The predicted octanol–water partition coefficient (Wildman–Crippen LogP) is 2.78. The van der Waals surface area contributed by atoms with Crippen LogP contribution in [0.4, 0.5) is 4.79 Å². The Kier molecular flexibility index (Phi) is 3.76. The summed E-state index contributed by atoms with van der Waals surface area (Å²) in [6.07, 6.45) is 1.72. The van der Waals surface area contributed by atoms with E-state index in [1.807, 2.05) is 27.4 Å². The number of amides is 2. The first-order chi connectivity index (χ1) is 13.0. The molecule has 2 aliphatic rings. The SMILES string of the molecule is CN1CCN(Cc2nc3n(n2)Cc2c(Cl)ncn2-c2ccc(Br)cc2-3)C1=O. The van der Waals surface area contributed by atoms with E-state index in [1.54, 1.807) is 23.2 Å². The molecular weight excluding hydrogens is 434 g/mol. The van der Waals surface area contributed by atoms with Gasteiger partial charge in [0.25, 0.3) is 0 Å². The first kappa shape index (κ1) is 16.8. The van der Waals surface area contributed by atoms with E-state index in [0.717, 1.165) is 33.8 Å². The molecule has 2 aromatic heterocycles. The first-order valence-corrected chi connectivity index (χ1v) is 9.64. The summed E-state index contributed by atoms with van der Waals surface area (Å²) in [5, 5.41) is 5.11. The summed E-state index contributed by atoms with van der Waals surface area (Å²) in [6.45, 7) is 2.25. The van der Waals surface area contributed by atoms with Gasteiger partial charge in [-0.15, -0.1) is 0 Å². The smallest absolute Gasteiger partial charge is 0.320 e. The molecule has 1 saturated heterocycles. The normalized spacial score (nSPS) is 15.6. The fourth-order valence-corrected chi connectivity index (χ4v) is 4.08. The highest BCUT2D eigenvalue weighted by molar-refractivity contribution is 9.10. The van der Waals surface area contributed by atoms with Crippen molar-refractivity contribution in [1.29, 1.82) is 0 Å². The molecule has 0 atom stereocenters. The van der Waals surface area contributed by atoms with Crippen LogP contribution >= 0.6 is 27.5 Å². The van der Waals surface area contributed by atoms with E-state index in [-0.39, 0.29) is 6.03 Å². The fourth-order valence-electron chi connectivity index (χ4n) is 3.53. The number of rotatable bonds is 2. The van der Waals surface area contributed by atoms with Crippen molar-refractivity contribution in [1.82, 2.24) is 34.1 Å². The Morgan fingerprint density at radius 2 is 2.15 bits per heavy atom. The molecule has 0 unspecified atom stereocenters. The number of carbonyl (C=O) groups excluding carboxylic acids is 1. The van der Waals surface area contributed by atoms with Gasteiger partial charge < -0.3 is 9.80 Å². The molecule has 0 saturated carbocycles.